The van der Waals surface area contributed by atoms with Crippen LogP contribution < -0.4 is 10.6 Å². The van der Waals surface area contributed by atoms with Crippen LogP contribution in [-0.4, -0.2) is 74.9 Å². The standard InChI is InChI=1S/C28H37ClN4O6/c1-16(2)24(32-27(38)39-28(3,4)5)26(37)33-14-19(35)12-23(33)25(36)31-22(15-34)18-8-6-17(7-9-18)20-10-11-30-13-21(20)29/h6-11,13,16,19,22-24,34-35H,12,14-15H2,1-5H3,(H,31,36)(H,32,38)/t19-,22+,23+,24+/m1/s1. The van der Waals surface area contributed by atoms with Gasteiger partial charge in [0.2, 0.25) is 11.8 Å². The summed E-state index contributed by atoms with van der Waals surface area (Å²) in [4.78, 5) is 44.4. The van der Waals surface area contributed by atoms with Crippen molar-refractivity contribution in [3.05, 3.63) is 53.3 Å². The summed E-state index contributed by atoms with van der Waals surface area (Å²) in [5.74, 6) is -1.31. The molecule has 1 fully saturated rings. The third-order valence-electron chi connectivity index (χ3n) is 6.37. The Bertz CT molecular complexity index is 1170. The van der Waals surface area contributed by atoms with Crippen molar-refractivity contribution in [2.24, 2.45) is 5.92 Å². The summed E-state index contributed by atoms with van der Waals surface area (Å²) in [6.07, 6.45) is 1.58. The van der Waals surface area contributed by atoms with Gasteiger partial charge in [-0.2, -0.15) is 0 Å². The third-order valence-corrected chi connectivity index (χ3v) is 6.67. The number of benzene rings is 1. The summed E-state index contributed by atoms with van der Waals surface area (Å²) in [6.45, 7) is 8.26. The molecule has 2 heterocycles. The molecule has 0 unspecified atom stereocenters. The van der Waals surface area contributed by atoms with Crippen LogP contribution in [0.1, 0.15) is 52.6 Å². The van der Waals surface area contributed by atoms with Gasteiger partial charge in [-0.25, -0.2) is 4.79 Å². The number of hydrogen-bond acceptors (Lipinski definition) is 7. The van der Waals surface area contributed by atoms with Crippen molar-refractivity contribution in [1.82, 2.24) is 20.5 Å². The first-order chi connectivity index (χ1) is 18.3. The first-order valence-corrected chi connectivity index (χ1v) is 13.3. The number of aromatic nitrogens is 1. The maximum Gasteiger partial charge on any atom is 0.408 e. The van der Waals surface area contributed by atoms with Crippen LogP contribution in [0.15, 0.2) is 42.7 Å². The lowest BCUT2D eigenvalue weighted by Gasteiger charge is -2.31. The third kappa shape index (κ3) is 7.90. The molecule has 39 heavy (non-hydrogen) atoms. The number of ether oxygens (including phenoxy) is 1. The van der Waals surface area contributed by atoms with Crippen molar-refractivity contribution in [2.75, 3.05) is 13.2 Å². The predicted molar refractivity (Wildman–Crippen MR) is 147 cm³/mol. The zero-order valence-electron chi connectivity index (χ0n) is 22.8. The number of likely N-dealkylation sites (tertiary alicyclic amines) is 1. The molecule has 0 radical (unpaired) electrons. The van der Waals surface area contributed by atoms with E-state index in [-0.39, 0.29) is 25.5 Å². The lowest BCUT2D eigenvalue weighted by molar-refractivity contribution is -0.141. The number of rotatable bonds is 8. The number of aliphatic hydroxyl groups is 2. The Balaban J connectivity index is 1.74. The highest BCUT2D eigenvalue weighted by Gasteiger charge is 2.43. The van der Waals surface area contributed by atoms with E-state index in [2.05, 4.69) is 15.6 Å². The fourth-order valence-corrected chi connectivity index (χ4v) is 4.67. The minimum Gasteiger partial charge on any atom is -0.444 e. The van der Waals surface area contributed by atoms with Crippen LogP contribution in [0, 0.1) is 5.92 Å². The normalized spacial score (nSPS) is 18.9. The number of alkyl carbamates (subject to hydrolysis) is 1. The van der Waals surface area contributed by atoms with E-state index in [1.807, 2.05) is 12.1 Å². The van der Waals surface area contributed by atoms with Crippen LogP contribution in [0.4, 0.5) is 4.79 Å². The van der Waals surface area contributed by atoms with Crippen molar-refractivity contribution in [2.45, 2.75) is 70.9 Å². The van der Waals surface area contributed by atoms with Crippen molar-refractivity contribution in [3.8, 4) is 11.1 Å². The molecule has 4 atom stereocenters. The van der Waals surface area contributed by atoms with Gasteiger partial charge < -0.3 is 30.5 Å². The van der Waals surface area contributed by atoms with Gasteiger partial charge in [-0.1, -0.05) is 49.7 Å². The zero-order valence-corrected chi connectivity index (χ0v) is 23.6. The van der Waals surface area contributed by atoms with E-state index in [4.69, 9.17) is 16.3 Å². The molecule has 0 spiro atoms. The molecule has 4 N–H and O–H groups in total. The van der Waals surface area contributed by atoms with Gasteiger partial charge in [-0.05, 0) is 43.9 Å². The Morgan fingerprint density at radius 2 is 1.82 bits per heavy atom. The summed E-state index contributed by atoms with van der Waals surface area (Å²) in [5, 5.41) is 26.3. The fraction of sp³-hybridized carbons (Fsp3) is 0.500. The minimum atomic E-state index is -0.974. The van der Waals surface area contributed by atoms with Crippen LogP contribution >= 0.6 is 11.6 Å². The average Bonchev–Trinajstić information content (AvgIpc) is 3.26. The van der Waals surface area contributed by atoms with Crippen LogP contribution in [0.25, 0.3) is 11.1 Å². The van der Waals surface area contributed by atoms with E-state index in [9.17, 15) is 24.6 Å². The molecule has 3 amide bonds. The lowest BCUT2D eigenvalue weighted by Crippen LogP contribution is -2.56. The minimum absolute atomic E-state index is 0.0342. The molecule has 0 aliphatic carbocycles. The Kier molecular flexibility index (Phi) is 9.93. The van der Waals surface area contributed by atoms with Gasteiger partial charge in [-0.15, -0.1) is 0 Å². The summed E-state index contributed by atoms with van der Waals surface area (Å²) < 4.78 is 5.30. The van der Waals surface area contributed by atoms with Crippen molar-refractivity contribution >= 4 is 29.5 Å². The SMILES string of the molecule is CC(C)[C@H](NC(=O)OC(C)(C)C)C(=O)N1C[C@H](O)C[C@H]1C(=O)N[C@@H](CO)c1ccc(-c2ccncc2Cl)cc1. The quantitative estimate of drug-likeness (QED) is 0.389. The number of β-amino-alcohol motifs (C(OH)–C–C–N with tert-alkyl or cyclic N) is 1. The molecule has 0 bridgehead atoms. The van der Waals surface area contributed by atoms with Crippen LogP contribution in [0.5, 0.6) is 0 Å². The summed E-state index contributed by atoms with van der Waals surface area (Å²) >= 11 is 6.24. The van der Waals surface area contributed by atoms with Gasteiger partial charge in [0.1, 0.15) is 17.7 Å². The number of pyridine rings is 1. The van der Waals surface area contributed by atoms with E-state index in [1.54, 1.807) is 65.2 Å². The van der Waals surface area contributed by atoms with E-state index < -0.39 is 47.7 Å². The molecule has 10 nitrogen and oxygen atoms in total. The largest absolute Gasteiger partial charge is 0.444 e. The van der Waals surface area contributed by atoms with Crippen molar-refractivity contribution < 1.29 is 29.3 Å². The second-order valence-electron chi connectivity index (χ2n) is 11.0. The number of carbonyl (C=O) groups excluding carboxylic acids is 3. The number of amides is 3. The monoisotopic (exact) mass is 560 g/mol. The number of carbonyl (C=O) groups is 3. The molecule has 2 aromatic rings. The molecule has 1 aliphatic heterocycles. The van der Waals surface area contributed by atoms with Crippen molar-refractivity contribution in [3.63, 3.8) is 0 Å². The van der Waals surface area contributed by atoms with Gasteiger partial charge >= 0.3 is 6.09 Å². The lowest BCUT2D eigenvalue weighted by atomic mass is 10.0. The van der Waals surface area contributed by atoms with Gasteiger partial charge in [0.05, 0.1) is 23.8 Å². The number of hydrogen-bond donors (Lipinski definition) is 4. The second-order valence-corrected chi connectivity index (χ2v) is 11.4. The molecular weight excluding hydrogens is 524 g/mol. The topological polar surface area (TPSA) is 141 Å². The van der Waals surface area contributed by atoms with E-state index in [0.29, 0.717) is 10.6 Å². The highest BCUT2D eigenvalue weighted by atomic mass is 35.5. The fourth-order valence-electron chi connectivity index (χ4n) is 4.44. The molecule has 0 saturated carbocycles. The molecule has 1 aromatic carbocycles. The van der Waals surface area contributed by atoms with Crippen LogP contribution in [0.2, 0.25) is 5.02 Å². The molecule has 1 aliphatic rings. The predicted octanol–water partition coefficient (Wildman–Crippen LogP) is 3.06. The molecular formula is C28H37ClN4O6. The summed E-state index contributed by atoms with van der Waals surface area (Å²) in [6, 6.07) is 6.33. The number of aliphatic hydroxyl groups excluding tert-OH is 2. The van der Waals surface area contributed by atoms with Gasteiger partial charge in [0.15, 0.2) is 0 Å². The average molecular weight is 561 g/mol. The molecule has 1 saturated heterocycles. The van der Waals surface area contributed by atoms with Crippen molar-refractivity contribution in [1.29, 1.82) is 0 Å². The van der Waals surface area contributed by atoms with Gasteiger partial charge in [0.25, 0.3) is 0 Å². The number of nitrogens with zero attached hydrogens (tertiary/aromatic N) is 2. The molecule has 3 rings (SSSR count). The van der Waals surface area contributed by atoms with Gasteiger partial charge in [0, 0.05) is 30.9 Å². The van der Waals surface area contributed by atoms with Gasteiger partial charge in [-0.3, -0.25) is 14.6 Å². The Hall–Kier alpha value is -3.21. The summed E-state index contributed by atoms with van der Waals surface area (Å²) in [5.41, 5.74) is 1.56. The van der Waals surface area contributed by atoms with E-state index in [1.165, 1.54) is 4.90 Å². The Labute approximate surface area is 233 Å². The van der Waals surface area contributed by atoms with E-state index >= 15 is 0 Å². The Morgan fingerprint density at radius 1 is 1.15 bits per heavy atom. The molecule has 1 aromatic heterocycles. The maximum atomic E-state index is 13.5. The van der Waals surface area contributed by atoms with Crippen LogP contribution in [0.3, 0.4) is 0 Å². The highest BCUT2D eigenvalue weighted by Crippen LogP contribution is 2.28. The number of halogens is 1. The second kappa shape index (κ2) is 12.8. The highest BCUT2D eigenvalue weighted by molar-refractivity contribution is 6.33. The number of nitrogens with one attached hydrogen (secondary N) is 2. The van der Waals surface area contributed by atoms with Crippen LogP contribution in [-0.2, 0) is 14.3 Å². The zero-order chi connectivity index (χ0) is 28.9. The first-order valence-electron chi connectivity index (χ1n) is 12.9. The Morgan fingerprint density at radius 3 is 2.38 bits per heavy atom. The smallest absolute Gasteiger partial charge is 0.408 e. The van der Waals surface area contributed by atoms with E-state index in [0.717, 1.165) is 11.1 Å². The molecule has 212 valence electrons. The molecule has 11 heteroatoms. The summed E-state index contributed by atoms with van der Waals surface area (Å²) in [7, 11) is 0. The first kappa shape index (κ1) is 30.3. The maximum absolute atomic E-state index is 13.5.